The molecule has 1 aliphatic rings. The molecule has 3 rings (SSSR count). The highest BCUT2D eigenvalue weighted by molar-refractivity contribution is 7.99. The van der Waals surface area contributed by atoms with E-state index in [0.29, 0.717) is 41.5 Å². The first-order valence-corrected chi connectivity index (χ1v) is 11.7. The summed E-state index contributed by atoms with van der Waals surface area (Å²) in [5.41, 5.74) is 0.649. The molecule has 0 bridgehead atoms. The Hall–Kier alpha value is -1.54. The molecule has 0 aliphatic carbocycles. The summed E-state index contributed by atoms with van der Waals surface area (Å²) in [6, 6.07) is 14.0. The number of carbonyl (C=O) groups is 1. The lowest BCUT2D eigenvalue weighted by atomic mass is 9.97. The highest BCUT2D eigenvalue weighted by atomic mass is 35.5. The molecule has 2 aromatic carbocycles. The molecule has 0 aromatic heterocycles. The third-order valence-corrected chi connectivity index (χ3v) is 7.72. The summed E-state index contributed by atoms with van der Waals surface area (Å²) < 4.78 is 27.4. The Morgan fingerprint density at radius 1 is 1.15 bits per heavy atom. The maximum Gasteiger partial charge on any atom is 0.244 e. The molecule has 8 heteroatoms. The van der Waals surface area contributed by atoms with Crippen LogP contribution in [0.5, 0.6) is 0 Å². The minimum atomic E-state index is -3.56. The predicted octanol–water partition coefficient (Wildman–Crippen LogP) is 4.10. The van der Waals surface area contributed by atoms with E-state index in [-0.39, 0.29) is 11.8 Å². The number of hydrogen-bond donors (Lipinski definition) is 1. The van der Waals surface area contributed by atoms with Crippen molar-refractivity contribution in [3.8, 4) is 0 Å². The molecule has 1 fully saturated rings. The zero-order valence-corrected chi connectivity index (χ0v) is 17.3. The second-order valence-corrected chi connectivity index (χ2v) is 9.52. The van der Waals surface area contributed by atoms with Gasteiger partial charge in [0.1, 0.15) is 0 Å². The molecule has 0 unspecified atom stereocenters. The van der Waals surface area contributed by atoms with Crippen molar-refractivity contribution in [1.29, 1.82) is 0 Å². The van der Waals surface area contributed by atoms with Gasteiger partial charge in [0, 0.05) is 34.6 Å². The van der Waals surface area contributed by atoms with E-state index in [0.717, 1.165) is 4.90 Å². The summed E-state index contributed by atoms with van der Waals surface area (Å²) in [6.07, 6.45) is 2.85. The highest BCUT2D eigenvalue weighted by Gasteiger charge is 2.33. The van der Waals surface area contributed by atoms with E-state index in [1.165, 1.54) is 16.1 Å². The lowest BCUT2D eigenvalue weighted by molar-refractivity contribution is -0.120. The van der Waals surface area contributed by atoms with Gasteiger partial charge < -0.3 is 5.32 Å². The Morgan fingerprint density at radius 2 is 1.85 bits per heavy atom. The van der Waals surface area contributed by atoms with Gasteiger partial charge in [-0.1, -0.05) is 29.8 Å². The van der Waals surface area contributed by atoms with E-state index < -0.39 is 10.0 Å². The summed E-state index contributed by atoms with van der Waals surface area (Å²) in [7, 11) is -3.56. The molecular formula is C19H21ClN2O3S2. The molecule has 1 aliphatic heterocycles. The van der Waals surface area contributed by atoms with Crippen LogP contribution in [-0.4, -0.2) is 38.0 Å². The molecule has 0 radical (unpaired) electrons. The van der Waals surface area contributed by atoms with Crippen molar-refractivity contribution in [2.45, 2.75) is 22.6 Å². The molecule has 1 amide bonds. The van der Waals surface area contributed by atoms with Crippen molar-refractivity contribution < 1.29 is 13.2 Å². The first-order chi connectivity index (χ1) is 12.9. The highest BCUT2D eigenvalue weighted by Crippen LogP contribution is 2.30. The van der Waals surface area contributed by atoms with Crippen molar-refractivity contribution in [2.75, 3.05) is 24.7 Å². The van der Waals surface area contributed by atoms with Gasteiger partial charge in [-0.25, -0.2) is 8.42 Å². The van der Waals surface area contributed by atoms with Crippen molar-refractivity contribution in [2.24, 2.45) is 5.92 Å². The SMILES string of the molecule is CSc1ccccc1S(=O)(=O)N1CCC(C(=O)Nc2cccc(Cl)c2)CC1. The van der Waals surface area contributed by atoms with Crippen LogP contribution in [0.4, 0.5) is 5.69 Å². The van der Waals surface area contributed by atoms with Crippen molar-refractivity contribution in [3.05, 3.63) is 53.6 Å². The standard InChI is InChI=1S/C19H21ClN2O3S2/c1-26-17-7-2-3-8-18(17)27(24,25)22-11-9-14(10-12-22)19(23)21-16-6-4-5-15(20)13-16/h2-8,13-14H,9-12H2,1H3,(H,21,23). The molecule has 1 N–H and O–H groups in total. The zero-order valence-electron chi connectivity index (χ0n) is 14.9. The number of nitrogens with zero attached hydrogens (tertiary/aromatic N) is 1. The van der Waals surface area contributed by atoms with Crippen LogP contribution in [0, 0.1) is 5.92 Å². The second-order valence-electron chi connectivity index (χ2n) is 6.33. The molecule has 27 heavy (non-hydrogen) atoms. The average Bonchev–Trinajstić information content (AvgIpc) is 2.68. The van der Waals surface area contributed by atoms with Gasteiger partial charge in [0.15, 0.2) is 0 Å². The van der Waals surface area contributed by atoms with Gasteiger partial charge in [-0.15, -0.1) is 11.8 Å². The fraction of sp³-hybridized carbons (Fsp3) is 0.316. The number of carbonyl (C=O) groups excluding carboxylic acids is 1. The van der Waals surface area contributed by atoms with Gasteiger partial charge in [0.2, 0.25) is 15.9 Å². The summed E-state index contributed by atoms with van der Waals surface area (Å²) in [5, 5.41) is 3.42. The summed E-state index contributed by atoms with van der Waals surface area (Å²) in [6.45, 7) is 0.664. The molecule has 144 valence electrons. The van der Waals surface area contributed by atoms with Crippen LogP contribution in [0.3, 0.4) is 0 Å². The third-order valence-electron chi connectivity index (χ3n) is 4.60. The van der Waals surface area contributed by atoms with Crippen LogP contribution in [0.2, 0.25) is 5.02 Å². The average molecular weight is 425 g/mol. The van der Waals surface area contributed by atoms with Crippen LogP contribution >= 0.6 is 23.4 Å². The Kier molecular flexibility index (Phi) is 6.47. The molecule has 1 heterocycles. The number of piperidine rings is 1. The fourth-order valence-electron chi connectivity index (χ4n) is 3.14. The fourth-order valence-corrected chi connectivity index (χ4v) is 5.92. The molecule has 5 nitrogen and oxygen atoms in total. The third kappa shape index (κ3) is 4.66. The Balaban J connectivity index is 1.65. The molecule has 0 saturated carbocycles. The topological polar surface area (TPSA) is 66.5 Å². The number of halogens is 1. The quantitative estimate of drug-likeness (QED) is 0.734. The number of rotatable bonds is 5. The number of nitrogens with one attached hydrogen (secondary N) is 1. The number of hydrogen-bond acceptors (Lipinski definition) is 4. The van der Waals surface area contributed by atoms with Crippen molar-refractivity contribution in [1.82, 2.24) is 4.31 Å². The van der Waals surface area contributed by atoms with E-state index in [1.807, 2.05) is 18.4 Å². The molecule has 1 saturated heterocycles. The van der Waals surface area contributed by atoms with Gasteiger partial charge in [0.05, 0.1) is 4.90 Å². The lowest BCUT2D eigenvalue weighted by Crippen LogP contribution is -2.41. The van der Waals surface area contributed by atoms with Crippen LogP contribution in [0.15, 0.2) is 58.3 Å². The monoisotopic (exact) mass is 424 g/mol. The number of thioether (sulfide) groups is 1. The Morgan fingerprint density at radius 3 is 2.52 bits per heavy atom. The Bertz CT molecular complexity index is 926. The first-order valence-electron chi connectivity index (χ1n) is 8.61. The maximum atomic E-state index is 13.0. The van der Waals surface area contributed by atoms with Crippen LogP contribution in [0.25, 0.3) is 0 Å². The minimum absolute atomic E-state index is 0.0983. The van der Waals surface area contributed by atoms with Crippen molar-refractivity contribution in [3.63, 3.8) is 0 Å². The van der Waals surface area contributed by atoms with E-state index in [4.69, 9.17) is 11.6 Å². The smallest absolute Gasteiger partial charge is 0.244 e. The maximum absolute atomic E-state index is 13.0. The molecular weight excluding hydrogens is 404 g/mol. The normalized spacial score (nSPS) is 16.2. The number of sulfonamides is 1. The number of benzene rings is 2. The van der Waals surface area contributed by atoms with Gasteiger partial charge in [-0.3, -0.25) is 4.79 Å². The van der Waals surface area contributed by atoms with Crippen LogP contribution in [-0.2, 0) is 14.8 Å². The van der Waals surface area contributed by atoms with Gasteiger partial charge in [-0.2, -0.15) is 4.31 Å². The van der Waals surface area contributed by atoms with E-state index >= 15 is 0 Å². The number of amides is 1. The molecule has 0 spiro atoms. The summed E-state index contributed by atoms with van der Waals surface area (Å²) >= 11 is 7.35. The first kappa shape index (κ1) is 20.2. The van der Waals surface area contributed by atoms with Crippen LogP contribution in [0.1, 0.15) is 12.8 Å². The molecule has 0 atom stereocenters. The van der Waals surface area contributed by atoms with Gasteiger partial charge >= 0.3 is 0 Å². The summed E-state index contributed by atoms with van der Waals surface area (Å²) in [5.74, 6) is -0.315. The van der Waals surface area contributed by atoms with E-state index in [2.05, 4.69) is 5.32 Å². The second kappa shape index (κ2) is 8.65. The largest absolute Gasteiger partial charge is 0.326 e. The number of anilines is 1. The van der Waals surface area contributed by atoms with Crippen molar-refractivity contribution >= 4 is 45.0 Å². The van der Waals surface area contributed by atoms with Crippen LogP contribution < -0.4 is 5.32 Å². The van der Waals surface area contributed by atoms with E-state index in [9.17, 15) is 13.2 Å². The Labute approximate surface area is 169 Å². The summed E-state index contributed by atoms with van der Waals surface area (Å²) in [4.78, 5) is 13.5. The van der Waals surface area contributed by atoms with Gasteiger partial charge in [0.25, 0.3) is 0 Å². The molecule has 2 aromatic rings. The van der Waals surface area contributed by atoms with E-state index in [1.54, 1.807) is 36.4 Å². The lowest BCUT2D eigenvalue weighted by Gasteiger charge is -2.31. The van der Waals surface area contributed by atoms with Gasteiger partial charge in [-0.05, 0) is 49.4 Å². The zero-order chi connectivity index (χ0) is 19.4. The predicted molar refractivity (Wildman–Crippen MR) is 110 cm³/mol. The minimum Gasteiger partial charge on any atom is -0.326 e.